The lowest BCUT2D eigenvalue weighted by atomic mass is 9.97. The molecular weight excluding hydrogens is 562 g/mol. The Morgan fingerprint density at radius 1 is 1.09 bits per heavy atom. The average Bonchev–Trinajstić information content (AvgIpc) is 3.05. The number of amides is 1. The molecule has 3 aromatic rings. The van der Waals surface area contributed by atoms with Gasteiger partial charge in [0.1, 0.15) is 12.4 Å². The van der Waals surface area contributed by atoms with Crippen molar-refractivity contribution < 1.29 is 9.53 Å². The maximum atomic E-state index is 12.7. The molecule has 2 aromatic carbocycles. The van der Waals surface area contributed by atoms with E-state index in [-0.39, 0.29) is 16.7 Å². The molecule has 2 fully saturated rings. The number of likely N-dealkylation sites (tertiary alicyclic amines) is 1. The van der Waals surface area contributed by atoms with Gasteiger partial charge in [0.2, 0.25) is 0 Å². The number of anilines is 2. The highest BCUT2D eigenvalue weighted by molar-refractivity contribution is 6.32. The van der Waals surface area contributed by atoms with Crippen molar-refractivity contribution in [3.05, 3.63) is 76.6 Å². The number of nitrogens with two attached hydrogens (primary N) is 1. The highest BCUT2D eigenvalue weighted by Gasteiger charge is 2.34. The van der Waals surface area contributed by atoms with E-state index in [4.69, 9.17) is 28.5 Å². The summed E-state index contributed by atoms with van der Waals surface area (Å²) in [7, 11) is 0. The van der Waals surface area contributed by atoms with Crippen LogP contribution in [0.2, 0.25) is 5.15 Å². The molecule has 1 aromatic heterocycles. The van der Waals surface area contributed by atoms with Crippen LogP contribution in [0.5, 0.6) is 5.75 Å². The number of piperidine rings is 1. The maximum absolute atomic E-state index is 12.7. The summed E-state index contributed by atoms with van der Waals surface area (Å²) in [4.78, 5) is 29.0. The van der Waals surface area contributed by atoms with E-state index in [1.807, 2.05) is 42.5 Å². The van der Waals surface area contributed by atoms with Gasteiger partial charge in [-0.25, -0.2) is 9.97 Å². The summed E-state index contributed by atoms with van der Waals surface area (Å²) in [6.45, 7) is 8.43. The Hall–Kier alpha value is -3.84. The summed E-state index contributed by atoms with van der Waals surface area (Å²) in [5.74, 6) is 3.60. The highest BCUT2D eigenvalue weighted by atomic mass is 35.5. The van der Waals surface area contributed by atoms with Crippen molar-refractivity contribution in [1.29, 1.82) is 0 Å². The summed E-state index contributed by atoms with van der Waals surface area (Å²) >= 11 is 6.59. The molecule has 2 aliphatic rings. The number of aromatic nitrogens is 2. The van der Waals surface area contributed by atoms with Crippen molar-refractivity contribution in [2.45, 2.75) is 44.8 Å². The number of hydrogen-bond acceptors (Lipinski definition) is 8. The topological polar surface area (TPSA) is 99.8 Å². The molecule has 1 amide bonds. The molecule has 5 rings (SSSR count). The lowest BCUT2D eigenvalue weighted by molar-refractivity contribution is 0.0610. The van der Waals surface area contributed by atoms with Crippen LogP contribution in [0, 0.1) is 12.3 Å². The first-order valence-electron chi connectivity index (χ1n) is 15.0. The number of carbonyl (C=O) groups excluding carboxylic acids is 1. The maximum Gasteiger partial charge on any atom is 0.273 e. The van der Waals surface area contributed by atoms with E-state index in [9.17, 15) is 4.79 Å². The molecule has 0 aliphatic carbocycles. The molecule has 226 valence electrons. The Labute approximate surface area is 259 Å². The SMILES string of the molecule is C#Cc1ccc(CN2CCC(N3CCN(c4nc(N)c(C(=O)NCCOc5ccccc5)nc4Cl)C[C@@H]3CC)CC2)cc1. The van der Waals surface area contributed by atoms with E-state index in [0.29, 0.717) is 31.1 Å². The number of hydrogen-bond donors (Lipinski definition) is 2. The van der Waals surface area contributed by atoms with Crippen molar-refractivity contribution in [1.82, 2.24) is 25.1 Å². The van der Waals surface area contributed by atoms with E-state index in [1.54, 1.807) is 0 Å². The van der Waals surface area contributed by atoms with Gasteiger partial charge in [0.05, 0.1) is 6.54 Å². The van der Waals surface area contributed by atoms with E-state index in [2.05, 4.69) is 55.0 Å². The van der Waals surface area contributed by atoms with Gasteiger partial charge in [0.15, 0.2) is 22.5 Å². The number of carbonyl (C=O) groups is 1. The Morgan fingerprint density at radius 3 is 2.53 bits per heavy atom. The smallest absolute Gasteiger partial charge is 0.273 e. The third kappa shape index (κ3) is 7.77. The molecule has 2 saturated heterocycles. The normalized spacial score (nSPS) is 18.3. The van der Waals surface area contributed by atoms with Crippen LogP contribution in [0.4, 0.5) is 11.6 Å². The Kier molecular flexibility index (Phi) is 10.4. The Morgan fingerprint density at radius 2 is 1.84 bits per heavy atom. The third-order valence-electron chi connectivity index (χ3n) is 8.33. The van der Waals surface area contributed by atoms with Crippen LogP contribution in [-0.2, 0) is 6.54 Å². The minimum atomic E-state index is -0.428. The fourth-order valence-electron chi connectivity index (χ4n) is 6.00. The van der Waals surface area contributed by atoms with Crippen molar-refractivity contribution in [2.24, 2.45) is 0 Å². The summed E-state index contributed by atoms with van der Waals surface area (Å²) in [5.41, 5.74) is 8.46. The molecule has 43 heavy (non-hydrogen) atoms. The molecule has 1 atom stereocenters. The molecule has 3 N–H and O–H groups in total. The Bertz CT molecular complexity index is 1410. The van der Waals surface area contributed by atoms with Crippen LogP contribution in [0.25, 0.3) is 0 Å². The quantitative estimate of drug-likeness (QED) is 0.265. The lowest BCUT2D eigenvalue weighted by Crippen LogP contribution is -2.58. The van der Waals surface area contributed by atoms with Gasteiger partial charge in [0, 0.05) is 43.8 Å². The molecular formula is C33H40ClN7O2. The van der Waals surface area contributed by atoms with Crippen LogP contribution in [0.15, 0.2) is 54.6 Å². The van der Waals surface area contributed by atoms with E-state index in [1.165, 1.54) is 5.56 Å². The monoisotopic (exact) mass is 601 g/mol. The number of rotatable bonds is 10. The van der Waals surface area contributed by atoms with Crippen LogP contribution in [0.1, 0.15) is 47.8 Å². The molecule has 0 spiro atoms. The number of terminal acetylenes is 1. The summed E-state index contributed by atoms with van der Waals surface area (Å²) in [6.07, 6.45) is 8.80. The number of para-hydroxylation sites is 1. The first-order chi connectivity index (χ1) is 20.9. The van der Waals surface area contributed by atoms with E-state index >= 15 is 0 Å². The van der Waals surface area contributed by atoms with E-state index < -0.39 is 5.91 Å². The zero-order chi connectivity index (χ0) is 30.2. The number of nitrogens with zero attached hydrogens (tertiary/aromatic N) is 5. The van der Waals surface area contributed by atoms with Gasteiger partial charge in [-0.15, -0.1) is 6.42 Å². The molecule has 0 radical (unpaired) electrons. The zero-order valence-corrected chi connectivity index (χ0v) is 25.5. The summed E-state index contributed by atoms with van der Waals surface area (Å²) < 4.78 is 5.63. The number of benzene rings is 2. The predicted octanol–water partition coefficient (Wildman–Crippen LogP) is 4.07. The fraction of sp³-hybridized carbons (Fsp3) is 0.424. The van der Waals surface area contributed by atoms with Crippen LogP contribution in [-0.4, -0.2) is 83.6 Å². The number of halogens is 1. The minimum absolute atomic E-state index is 0.0258. The molecule has 0 unspecified atom stereocenters. The molecule has 9 nitrogen and oxygen atoms in total. The number of nitrogen functional groups attached to an aromatic ring is 1. The average molecular weight is 602 g/mol. The predicted molar refractivity (Wildman–Crippen MR) is 171 cm³/mol. The van der Waals surface area contributed by atoms with Crippen LogP contribution < -0.4 is 20.7 Å². The van der Waals surface area contributed by atoms with Crippen molar-refractivity contribution in [3.8, 4) is 18.1 Å². The van der Waals surface area contributed by atoms with Crippen LogP contribution >= 0.6 is 11.6 Å². The van der Waals surface area contributed by atoms with Gasteiger partial charge in [-0.2, -0.15) is 0 Å². The Balaban J connectivity index is 1.13. The van der Waals surface area contributed by atoms with Crippen molar-refractivity contribution in [3.63, 3.8) is 0 Å². The van der Waals surface area contributed by atoms with Gasteiger partial charge in [-0.3, -0.25) is 14.6 Å². The molecule has 10 heteroatoms. The molecule has 3 heterocycles. The number of piperazine rings is 1. The summed E-state index contributed by atoms with van der Waals surface area (Å²) in [5, 5.41) is 2.97. The standard InChI is InChI=1S/C33H40ClN7O2/c1-3-24-10-12-25(13-11-24)22-39-17-14-27(15-18-39)41-20-19-40(23-26(41)4-2)32-30(34)37-29(31(35)38-32)33(42)36-16-21-43-28-8-6-5-7-9-28/h1,5-13,26-27H,4,14-23H2,2H3,(H2,35,38)(H,36,42)/t26-/m0/s1. The van der Waals surface area contributed by atoms with Gasteiger partial charge in [-0.05, 0) is 62.2 Å². The second-order valence-electron chi connectivity index (χ2n) is 11.1. The van der Waals surface area contributed by atoms with Gasteiger partial charge in [0.25, 0.3) is 5.91 Å². The number of nitrogens with one attached hydrogen (secondary N) is 1. The first kappa shape index (κ1) is 30.6. The summed E-state index contributed by atoms with van der Waals surface area (Å²) in [6, 6.07) is 18.6. The second kappa shape index (κ2) is 14.6. The first-order valence-corrected chi connectivity index (χ1v) is 15.4. The van der Waals surface area contributed by atoms with Gasteiger partial charge in [-0.1, -0.05) is 54.8 Å². The van der Waals surface area contributed by atoms with E-state index in [0.717, 1.165) is 69.8 Å². The number of ether oxygens (including phenoxy) is 1. The van der Waals surface area contributed by atoms with Gasteiger partial charge < -0.3 is 20.7 Å². The van der Waals surface area contributed by atoms with Crippen LogP contribution in [0.3, 0.4) is 0 Å². The van der Waals surface area contributed by atoms with Crippen molar-refractivity contribution in [2.75, 3.05) is 56.5 Å². The molecule has 2 aliphatic heterocycles. The second-order valence-corrected chi connectivity index (χ2v) is 11.4. The fourth-order valence-corrected chi connectivity index (χ4v) is 6.25. The zero-order valence-electron chi connectivity index (χ0n) is 24.7. The van der Waals surface area contributed by atoms with Crippen molar-refractivity contribution >= 4 is 29.1 Å². The van der Waals surface area contributed by atoms with Gasteiger partial charge >= 0.3 is 0 Å². The molecule has 0 bridgehead atoms. The largest absolute Gasteiger partial charge is 0.492 e. The third-order valence-corrected chi connectivity index (χ3v) is 8.58. The molecule has 0 saturated carbocycles. The lowest BCUT2D eigenvalue weighted by Gasteiger charge is -2.47. The minimum Gasteiger partial charge on any atom is -0.492 e. The highest BCUT2D eigenvalue weighted by Crippen LogP contribution is 2.30.